The highest BCUT2D eigenvalue weighted by Crippen LogP contribution is 2.22. The molecule has 2 rings (SSSR count). The third kappa shape index (κ3) is 1.68. The Morgan fingerprint density at radius 2 is 2.12 bits per heavy atom. The summed E-state index contributed by atoms with van der Waals surface area (Å²) in [4.78, 5) is 4.22. The van der Waals surface area contributed by atoms with Crippen molar-refractivity contribution < 1.29 is 8.42 Å². The molecule has 86 valence electrons. The van der Waals surface area contributed by atoms with Crippen LogP contribution in [0.3, 0.4) is 0 Å². The van der Waals surface area contributed by atoms with E-state index in [0.717, 1.165) is 0 Å². The molecule has 0 bridgehead atoms. The molecule has 0 aliphatic heterocycles. The van der Waals surface area contributed by atoms with Crippen LogP contribution in [-0.2, 0) is 10.0 Å². The number of fused-ring (bicyclic) bond motifs is 1. The van der Waals surface area contributed by atoms with Crippen molar-refractivity contribution in [2.45, 2.75) is 24.8 Å². The predicted octanol–water partition coefficient (Wildman–Crippen LogP) is 0.500. The van der Waals surface area contributed by atoms with E-state index in [9.17, 15) is 8.42 Å². The van der Waals surface area contributed by atoms with E-state index in [2.05, 4.69) is 10.1 Å². The molecule has 0 saturated carbocycles. The number of sulfonamides is 1. The lowest BCUT2D eigenvalue weighted by Crippen LogP contribution is -2.17. The van der Waals surface area contributed by atoms with Crippen LogP contribution in [0.15, 0.2) is 23.4 Å². The van der Waals surface area contributed by atoms with Crippen LogP contribution in [0, 0.1) is 0 Å². The Labute approximate surface area is 93.2 Å². The maximum absolute atomic E-state index is 11.5. The number of nitrogens with two attached hydrogens (primary N) is 1. The number of primary sulfonamides is 1. The molecule has 0 atom stereocenters. The first-order valence-electron chi connectivity index (χ1n) is 4.77. The summed E-state index contributed by atoms with van der Waals surface area (Å²) in [5, 5.41) is 9.09. The van der Waals surface area contributed by atoms with Crippen LogP contribution in [0.25, 0.3) is 5.65 Å². The van der Waals surface area contributed by atoms with Gasteiger partial charge in [-0.3, -0.25) is 0 Å². The number of hydrogen-bond donors (Lipinski definition) is 1. The van der Waals surface area contributed by atoms with Gasteiger partial charge in [0, 0.05) is 6.20 Å². The van der Waals surface area contributed by atoms with Gasteiger partial charge in [-0.05, 0) is 18.1 Å². The second-order valence-electron chi connectivity index (χ2n) is 3.80. The van der Waals surface area contributed by atoms with Crippen LogP contribution in [-0.4, -0.2) is 23.0 Å². The zero-order valence-electron chi connectivity index (χ0n) is 8.95. The van der Waals surface area contributed by atoms with E-state index in [0.29, 0.717) is 11.3 Å². The largest absolute Gasteiger partial charge is 0.257 e. The molecule has 0 aliphatic rings. The first-order chi connectivity index (χ1) is 7.41. The molecule has 0 saturated heterocycles. The fourth-order valence-electron chi connectivity index (χ4n) is 1.53. The molecule has 16 heavy (non-hydrogen) atoms. The minimum atomic E-state index is -3.82. The maximum Gasteiger partial charge on any atom is 0.257 e. The Bertz CT molecular complexity index is 630. The van der Waals surface area contributed by atoms with Gasteiger partial charge in [0.05, 0.1) is 5.69 Å². The van der Waals surface area contributed by atoms with E-state index < -0.39 is 10.0 Å². The van der Waals surface area contributed by atoms with Crippen molar-refractivity contribution in [3.8, 4) is 0 Å². The Kier molecular flexibility index (Phi) is 2.43. The summed E-state index contributed by atoms with van der Waals surface area (Å²) in [5.41, 5.74) is 0.927. The van der Waals surface area contributed by atoms with E-state index in [1.807, 2.05) is 13.8 Å². The van der Waals surface area contributed by atoms with E-state index in [1.54, 1.807) is 12.1 Å². The van der Waals surface area contributed by atoms with E-state index in [4.69, 9.17) is 5.14 Å². The highest BCUT2D eigenvalue weighted by atomic mass is 32.2. The van der Waals surface area contributed by atoms with Gasteiger partial charge in [-0.1, -0.05) is 13.8 Å². The topological polar surface area (TPSA) is 90.3 Å². The van der Waals surface area contributed by atoms with Crippen LogP contribution in [0.1, 0.15) is 25.5 Å². The van der Waals surface area contributed by atoms with Gasteiger partial charge in [0.1, 0.15) is 0 Å². The molecule has 0 fully saturated rings. The molecule has 7 heteroatoms. The van der Waals surface area contributed by atoms with Gasteiger partial charge < -0.3 is 0 Å². The van der Waals surface area contributed by atoms with Crippen molar-refractivity contribution in [1.29, 1.82) is 0 Å². The van der Waals surface area contributed by atoms with Gasteiger partial charge in [0.15, 0.2) is 10.7 Å². The Hall–Kier alpha value is -1.47. The van der Waals surface area contributed by atoms with Crippen LogP contribution in [0.4, 0.5) is 0 Å². The Morgan fingerprint density at radius 3 is 2.69 bits per heavy atom. The average molecular weight is 240 g/mol. The zero-order valence-corrected chi connectivity index (χ0v) is 9.77. The minimum absolute atomic E-state index is 0.0295. The summed E-state index contributed by atoms with van der Waals surface area (Å²) in [7, 11) is -3.82. The molecule has 6 nitrogen and oxygen atoms in total. The van der Waals surface area contributed by atoms with Crippen molar-refractivity contribution in [1.82, 2.24) is 14.6 Å². The fourth-order valence-corrected chi connectivity index (χ4v) is 2.48. The summed E-state index contributed by atoms with van der Waals surface area (Å²) in [5.74, 6) is -0.0324. The van der Waals surface area contributed by atoms with Crippen molar-refractivity contribution in [2.75, 3.05) is 0 Å². The van der Waals surface area contributed by atoms with Gasteiger partial charge in [-0.25, -0.2) is 23.1 Å². The van der Waals surface area contributed by atoms with Crippen molar-refractivity contribution >= 4 is 15.7 Å². The minimum Gasteiger partial charge on any atom is -0.230 e. The molecule has 2 aromatic heterocycles. The molecular formula is C9H12N4O2S. The third-order valence-electron chi connectivity index (χ3n) is 2.19. The molecular weight excluding hydrogens is 228 g/mol. The first kappa shape index (κ1) is 11.0. The summed E-state index contributed by atoms with van der Waals surface area (Å²) in [6.07, 6.45) is 1.49. The number of nitrogens with zero attached hydrogens (tertiary/aromatic N) is 3. The number of imidazole rings is 1. The molecule has 0 aromatic carbocycles. The highest BCUT2D eigenvalue weighted by molar-refractivity contribution is 7.89. The quantitative estimate of drug-likeness (QED) is 0.827. The molecule has 2 N–H and O–H groups in total. The maximum atomic E-state index is 11.5. The van der Waals surface area contributed by atoms with Crippen LogP contribution in [0.2, 0.25) is 0 Å². The zero-order chi connectivity index (χ0) is 11.9. The van der Waals surface area contributed by atoms with Crippen molar-refractivity contribution in [3.05, 3.63) is 24.0 Å². The summed E-state index contributed by atoms with van der Waals surface area (Å²) < 4.78 is 24.3. The second kappa shape index (κ2) is 3.53. The number of hydrogen-bond acceptors (Lipinski definition) is 4. The molecule has 0 radical (unpaired) electrons. The standard InChI is InChI=1S/C9H12N4O2S/c1-6(2)8-9(16(10,14)15)13-7(12-8)4-3-5-11-13/h3-6H,1-2H3,(H2,10,14,15). The van der Waals surface area contributed by atoms with Crippen molar-refractivity contribution in [3.63, 3.8) is 0 Å². The predicted molar refractivity (Wildman–Crippen MR) is 58.4 cm³/mol. The van der Waals surface area contributed by atoms with Crippen LogP contribution < -0.4 is 5.14 Å². The molecule has 2 heterocycles. The summed E-state index contributed by atoms with van der Waals surface area (Å²) in [6.45, 7) is 3.72. The Balaban J connectivity index is 2.91. The molecule has 2 aromatic rings. The lowest BCUT2D eigenvalue weighted by molar-refractivity contribution is 0.585. The molecule has 0 aliphatic carbocycles. The second-order valence-corrected chi connectivity index (χ2v) is 5.27. The fraction of sp³-hybridized carbons (Fsp3) is 0.333. The molecule has 0 spiro atoms. The van der Waals surface area contributed by atoms with E-state index >= 15 is 0 Å². The smallest absolute Gasteiger partial charge is 0.230 e. The highest BCUT2D eigenvalue weighted by Gasteiger charge is 2.24. The SMILES string of the molecule is CC(C)c1nc2cccnn2c1S(N)(=O)=O. The van der Waals surface area contributed by atoms with Gasteiger partial charge in [-0.15, -0.1) is 0 Å². The molecule has 0 amide bonds. The van der Waals surface area contributed by atoms with Gasteiger partial charge >= 0.3 is 0 Å². The molecule has 0 unspecified atom stereocenters. The average Bonchev–Trinajstić information content (AvgIpc) is 2.55. The first-order valence-corrected chi connectivity index (χ1v) is 6.32. The van der Waals surface area contributed by atoms with Gasteiger partial charge in [0.25, 0.3) is 10.0 Å². The third-order valence-corrected chi connectivity index (χ3v) is 3.11. The summed E-state index contributed by atoms with van der Waals surface area (Å²) >= 11 is 0. The van der Waals surface area contributed by atoms with Gasteiger partial charge in [0.2, 0.25) is 0 Å². The van der Waals surface area contributed by atoms with Crippen LogP contribution >= 0.6 is 0 Å². The van der Waals surface area contributed by atoms with Crippen LogP contribution in [0.5, 0.6) is 0 Å². The lowest BCUT2D eigenvalue weighted by Gasteiger charge is -2.03. The van der Waals surface area contributed by atoms with Gasteiger partial charge in [-0.2, -0.15) is 5.10 Å². The normalized spacial score (nSPS) is 12.5. The lowest BCUT2D eigenvalue weighted by atomic mass is 10.2. The van der Waals surface area contributed by atoms with Crippen molar-refractivity contribution in [2.24, 2.45) is 5.14 Å². The Morgan fingerprint density at radius 1 is 1.44 bits per heavy atom. The number of rotatable bonds is 2. The summed E-state index contributed by atoms with van der Waals surface area (Å²) in [6, 6.07) is 3.38. The number of aromatic nitrogens is 3. The van der Waals surface area contributed by atoms with E-state index in [-0.39, 0.29) is 10.9 Å². The monoisotopic (exact) mass is 240 g/mol. The van der Waals surface area contributed by atoms with E-state index in [1.165, 1.54) is 10.7 Å².